The lowest BCUT2D eigenvalue weighted by Crippen LogP contribution is -2.44. The number of rotatable bonds is 5. The molecule has 0 saturated heterocycles. The summed E-state index contributed by atoms with van der Waals surface area (Å²) < 4.78 is 5.48. The first-order valence-electron chi connectivity index (χ1n) is 7.83. The normalized spacial score (nSPS) is 16.3. The summed E-state index contributed by atoms with van der Waals surface area (Å²) in [4.78, 5) is 16.0. The first kappa shape index (κ1) is 15.3. The number of nitrogens with one attached hydrogen (secondary N) is 1. The van der Waals surface area contributed by atoms with E-state index in [4.69, 9.17) is 4.42 Å². The lowest BCUT2D eigenvalue weighted by molar-refractivity contribution is 0.0903. The number of furan rings is 1. The first-order valence-corrected chi connectivity index (χ1v) is 8.71. The van der Waals surface area contributed by atoms with Crippen LogP contribution in [0.4, 0.5) is 0 Å². The van der Waals surface area contributed by atoms with Crippen molar-refractivity contribution >= 4 is 17.2 Å². The molecule has 0 unspecified atom stereocenters. The van der Waals surface area contributed by atoms with Crippen LogP contribution in [0.15, 0.2) is 28.0 Å². The lowest BCUT2D eigenvalue weighted by atomic mass is 10.1. The number of amides is 1. The zero-order valence-corrected chi connectivity index (χ0v) is 13.9. The third-order valence-electron chi connectivity index (χ3n) is 4.25. The van der Waals surface area contributed by atoms with Gasteiger partial charge in [-0.1, -0.05) is 6.92 Å². The minimum absolute atomic E-state index is 0.125. The molecule has 3 rings (SSSR count). The summed E-state index contributed by atoms with van der Waals surface area (Å²) >= 11 is 1.85. The molecule has 0 fully saturated rings. The van der Waals surface area contributed by atoms with E-state index in [0.717, 1.165) is 31.7 Å². The molecule has 1 aliphatic rings. The Kier molecular flexibility index (Phi) is 4.64. The minimum atomic E-state index is -0.125. The van der Waals surface area contributed by atoms with E-state index < -0.39 is 0 Å². The molecule has 2 aromatic heterocycles. The molecule has 4 nitrogen and oxygen atoms in total. The van der Waals surface area contributed by atoms with Crippen molar-refractivity contribution in [3.8, 4) is 0 Å². The van der Waals surface area contributed by atoms with Gasteiger partial charge in [-0.05, 0) is 42.5 Å². The summed E-state index contributed by atoms with van der Waals surface area (Å²) in [7, 11) is 0. The minimum Gasteiger partial charge on any atom is -0.456 e. The van der Waals surface area contributed by atoms with E-state index in [1.807, 2.05) is 24.3 Å². The third-order valence-corrected chi connectivity index (χ3v) is 5.28. The van der Waals surface area contributed by atoms with Gasteiger partial charge in [0.2, 0.25) is 0 Å². The van der Waals surface area contributed by atoms with E-state index in [0.29, 0.717) is 18.3 Å². The van der Waals surface area contributed by atoms with E-state index in [2.05, 4.69) is 28.6 Å². The van der Waals surface area contributed by atoms with Crippen molar-refractivity contribution in [3.63, 3.8) is 0 Å². The predicted molar refractivity (Wildman–Crippen MR) is 88.3 cm³/mol. The van der Waals surface area contributed by atoms with Crippen molar-refractivity contribution in [1.29, 1.82) is 0 Å². The highest BCUT2D eigenvalue weighted by molar-refractivity contribution is 7.10. The quantitative estimate of drug-likeness (QED) is 0.921. The largest absolute Gasteiger partial charge is 0.456 e. The molecule has 0 bridgehead atoms. The smallest absolute Gasteiger partial charge is 0.287 e. The molecular weight excluding hydrogens is 296 g/mol. The number of carbonyl (C=O) groups excluding carboxylic acids is 1. The molecular formula is C17H22N2O2S. The Morgan fingerprint density at radius 3 is 3.09 bits per heavy atom. The van der Waals surface area contributed by atoms with Crippen LogP contribution in [-0.4, -0.2) is 29.9 Å². The fourth-order valence-corrected chi connectivity index (χ4v) is 3.68. The van der Waals surface area contributed by atoms with E-state index >= 15 is 0 Å². The molecule has 3 heterocycles. The molecule has 0 radical (unpaired) electrons. The zero-order valence-electron chi connectivity index (χ0n) is 13.1. The Balaban J connectivity index is 1.52. The van der Waals surface area contributed by atoms with Crippen molar-refractivity contribution in [3.05, 3.63) is 45.5 Å². The standard InChI is InChI=1S/C17H22N2O2S/c1-3-14-4-5-15(21-14)17(20)18-10-12(2)19-8-6-16-13(11-19)7-9-22-16/h4-5,7,9,12H,3,6,8,10-11H2,1-2H3,(H,18,20)/t12-/m1/s1. The number of nitrogens with zero attached hydrogens (tertiary/aromatic N) is 1. The fourth-order valence-electron chi connectivity index (χ4n) is 2.79. The average molecular weight is 318 g/mol. The molecule has 1 N–H and O–H groups in total. The maximum Gasteiger partial charge on any atom is 0.287 e. The zero-order chi connectivity index (χ0) is 15.5. The van der Waals surface area contributed by atoms with Crippen molar-refractivity contribution in [1.82, 2.24) is 10.2 Å². The van der Waals surface area contributed by atoms with Gasteiger partial charge in [0.15, 0.2) is 5.76 Å². The molecule has 0 spiro atoms. The van der Waals surface area contributed by atoms with Gasteiger partial charge >= 0.3 is 0 Å². The highest BCUT2D eigenvalue weighted by atomic mass is 32.1. The lowest BCUT2D eigenvalue weighted by Gasteiger charge is -2.32. The molecule has 0 aliphatic carbocycles. The highest BCUT2D eigenvalue weighted by Crippen LogP contribution is 2.25. The monoisotopic (exact) mass is 318 g/mol. The summed E-state index contributed by atoms with van der Waals surface area (Å²) in [5.41, 5.74) is 1.44. The molecule has 2 aromatic rings. The van der Waals surface area contributed by atoms with E-state index in [1.165, 1.54) is 10.4 Å². The maximum absolute atomic E-state index is 12.1. The first-order chi connectivity index (χ1) is 10.7. The molecule has 0 saturated carbocycles. The molecule has 5 heteroatoms. The van der Waals surface area contributed by atoms with Gasteiger partial charge in [0.25, 0.3) is 5.91 Å². The van der Waals surface area contributed by atoms with Crippen LogP contribution in [0.3, 0.4) is 0 Å². The predicted octanol–water partition coefficient (Wildman–Crippen LogP) is 3.08. The molecule has 22 heavy (non-hydrogen) atoms. The van der Waals surface area contributed by atoms with Gasteiger partial charge in [-0.2, -0.15) is 0 Å². The van der Waals surface area contributed by atoms with Crippen LogP contribution in [0, 0.1) is 0 Å². The summed E-state index contributed by atoms with van der Waals surface area (Å²) in [6.07, 6.45) is 1.92. The summed E-state index contributed by atoms with van der Waals surface area (Å²) in [5.74, 6) is 1.13. The summed E-state index contributed by atoms with van der Waals surface area (Å²) in [5, 5.41) is 5.15. The van der Waals surface area contributed by atoms with Crippen LogP contribution in [0.25, 0.3) is 0 Å². The molecule has 1 aliphatic heterocycles. The van der Waals surface area contributed by atoms with Gasteiger partial charge in [0.05, 0.1) is 0 Å². The van der Waals surface area contributed by atoms with E-state index in [9.17, 15) is 4.79 Å². The SMILES string of the molecule is CCc1ccc(C(=O)NC[C@@H](C)N2CCc3sccc3C2)o1. The Morgan fingerprint density at radius 1 is 1.45 bits per heavy atom. The van der Waals surface area contributed by atoms with Gasteiger partial charge in [-0.3, -0.25) is 9.69 Å². The molecule has 0 aromatic carbocycles. The number of fused-ring (bicyclic) bond motifs is 1. The number of aryl methyl sites for hydroxylation is 1. The second kappa shape index (κ2) is 6.67. The number of hydrogen-bond acceptors (Lipinski definition) is 4. The van der Waals surface area contributed by atoms with Gasteiger partial charge in [0, 0.05) is 37.0 Å². The van der Waals surface area contributed by atoms with Crippen LogP contribution in [0.1, 0.15) is 40.6 Å². The Bertz CT molecular complexity index is 647. The van der Waals surface area contributed by atoms with Gasteiger partial charge < -0.3 is 9.73 Å². The molecule has 1 amide bonds. The van der Waals surface area contributed by atoms with Gasteiger partial charge in [0.1, 0.15) is 5.76 Å². The topological polar surface area (TPSA) is 45.5 Å². The average Bonchev–Trinajstić information content (AvgIpc) is 3.19. The van der Waals surface area contributed by atoms with Crippen molar-refractivity contribution in [2.45, 2.75) is 39.3 Å². The number of carbonyl (C=O) groups is 1. The Morgan fingerprint density at radius 2 is 2.32 bits per heavy atom. The Labute approximate surface area is 135 Å². The highest BCUT2D eigenvalue weighted by Gasteiger charge is 2.22. The van der Waals surface area contributed by atoms with Crippen LogP contribution in [-0.2, 0) is 19.4 Å². The maximum atomic E-state index is 12.1. The third kappa shape index (κ3) is 3.25. The van der Waals surface area contributed by atoms with Crippen molar-refractivity contribution in [2.75, 3.05) is 13.1 Å². The number of thiophene rings is 1. The molecule has 118 valence electrons. The van der Waals surface area contributed by atoms with Gasteiger partial charge in [-0.15, -0.1) is 11.3 Å². The van der Waals surface area contributed by atoms with Gasteiger partial charge in [-0.25, -0.2) is 0 Å². The van der Waals surface area contributed by atoms with E-state index in [1.54, 1.807) is 6.07 Å². The Hall–Kier alpha value is -1.59. The van der Waals surface area contributed by atoms with Crippen LogP contribution >= 0.6 is 11.3 Å². The van der Waals surface area contributed by atoms with Crippen LogP contribution in [0.2, 0.25) is 0 Å². The number of hydrogen-bond donors (Lipinski definition) is 1. The fraction of sp³-hybridized carbons (Fsp3) is 0.471. The summed E-state index contributed by atoms with van der Waals surface area (Å²) in [6.45, 7) is 6.86. The van der Waals surface area contributed by atoms with Crippen molar-refractivity contribution in [2.24, 2.45) is 0 Å². The second-order valence-electron chi connectivity index (χ2n) is 5.77. The second-order valence-corrected chi connectivity index (χ2v) is 6.77. The van der Waals surface area contributed by atoms with E-state index in [-0.39, 0.29) is 5.91 Å². The summed E-state index contributed by atoms with van der Waals surface area (Å²) in [6, 6.07) is 6.14. The van der Waals surface area contributed by atoms with Crippen molar-refractivity contribution < 1.29 is 9.21 Å². The molecule has 1 atom stereocenters. The van der Waals surface area contributed by atoms with Crippen LogP contribution in [0.5, 0.6) is 0 Å². The van der Waals surface area contributed by atoms with Crippen LogP contribution < -0.4 is 5.32 Å².